The molecule has 1 saturated heterocycles. The Labute approximate surface area is 206 Å². The molecule has 1 saturated carbocycles. The van der Waals surface area contributed by atoms with Crippen LogP contribution in [-0.2, 0) is 16.1 Å². The van der Waals surface area contributed by atoms with Gasteiger partial charge in [0.25, 0.3) is 11.8 Å². The molecule has 1 atom stereocenters. The fourth-order valence-electron chi connectivity index (χ4n) is 5.20. The molecule has 2 aromatic rings. The smallest absolute Gasteiger partial charge is 0.262 e. The summed E-state index contributed by atoms with van der Waals surface area (Å²) >= 11 is 6.08. The first-order valence-electron chi connectivity index (χ1n) is 11.7. The zero-order valence-electron chi connectivity index (χ0n) is 18.9. The summed E-state index contributed by atoms with van der Waals surface area (Å²) in [6.07, 6.45) is 5.21. The number of nitrogens with zero attached hydrogens (tertiary/aromatic N) is 4. The van der Waals surface area contributed by atoms with Gasteiger partial charge in [-0.05, 0) is 61.4 Å². The van der Waals surface area contributed by atoms with Gasteiger partial charge >= 0.3 is 0 Å². The van der Waals surface area contributed by atoms with Crippen LogP contribution in [0.4, 0.5) is 5.82 Å². The summed E-state index contributed by atoms with van der Waals surface area (Å²) in [7, 11) is 0. The highest BCUT2D eigenvalue weighted by Crippen LogP contribution is 2.33. The van der Waals surface area contributed by atoms with Gasteiger partial charge in [0.1, 0.15) is 11.9 Å². The lowest BCUT2D eigenvalue weighted by Crippen LogP contribution is -2.54. The standard InChI is InChI=1S/C24H25ClN6O4/c25-24-27-11-10-18(28-24)30(15-6-4-14(26)5-7-15)12-13-2-1-3-16-20(13)23(35)31(22(16)34)17-8-9-19(32)29-21(17)33/h1-3,10-11,14-15,17H,4-9,12,26H2,(H,29,32,33). The number of carbonyl (C=O) groups is 4. The molecule has 3 heterocycles. The van der Waals surface area contributed by atoms with Crippen molar-refractivity contribution in [3.63, 3.8) is 0 Å². The van der Waals surface area contributed by atoms with Gasteiger partial charge in [-0.25, -0.2) is 9.97 Å². The first-order valence-corrected chi connectivity index (χ1v) is 12.1. The van der Waals surface area contributed by atoms with Crippen LogP contribution in [-0.4, -0.2) is 56.6 Å². The Hall–Kier alpha value is -3.37. The topological polar surface area (TPSA) is 139 Å². The number of carbonyl (C=O) groups excluding carboxylic acids is 4. The van der Waals surface area contributed by atoms with Gasteiger partial charge in [0.15, 0.2) is 0 Å². The number of benzene rings is 1. The summed E-state index contributed by atoms with van der Waals surface area (Å²) in [6.45, 7) is 0.318. The number of imide groups is 2. The Morgan fingerprint density at radius 1 is 1.06 bits per heavy atom. The molecule has 1 aliphatic carbocycles. The Bertz CT molecular complexity index is 1210. The third-order valence-corrected chi connectivity index (χ3v) is 7.17. The summed E-state index contributed by atoms with van der Waals surface area (Å²) in [5.41, 5.74) is 7.30. The van der Waals surface area contributed by atoms with Gasteiger partial charge in [-0.2, -0.15) is 0 Å². The highest BCUT2D eigenvalue weighted by Gasteiger charge is 2.45. The van der Waals surface area contributed by atoms with Crippen LogP contribution in [0.1, 0.15) is 64.8 Å². The van der Waals surface area contributed by atoms with E-state index >= 15 is 0 Å². The Kier molecular flexibility index (Phi) is 6.24. The fraction of sp³-hybridized carbons (Fsp3) is 0.417. The molecule has 1 unspecified atom stereocenters. The van der Waals surface area contributed by atoms with Gasteiger partial charge in [-0.1, -0.05) is 12.1 Å². The summed E-state index contributed by atoms with van der Waals surface area (Å²) in [5, 5.41) is 2.34. The molecule has 5 rings (SSSR count). The number of amides is 4. The number of aromatic nitrogens is 2. The maximum absolute atomic E-state index is 13.5. The molecule has 3 aliphatic rings. The van der Waals surface area contributed by atoms with Crippen LogP contribution in [0.2, 0.25) is 5.28 Å². The molecular weight excluding hydrogens is 472 g/mol. The molecule has 35 heavy (non-hydrogen) atoms. The zero-order valence-corrected chi connectivity index (χ0v) is 19.7. The van der Waals surface area contributed by atoms with E-state index in [1.165, 1.54) is 0 Å². The number of rotatable bonds is 5. The van der Waals surface area contributed by atoms with Gasteiger partial charge in [0.2, 0.25) is 17.1 Å². The average molecular weight is 497 g/mol. The lowest BCUT2D eigenvalue weighted by molar-refractivity contribution is -0.136. The van der Waals surface area contributed by atoms with E-state index in [4.69, 9.17) is 17.3 Å². The number of hydrogen-bond acceptors (Lipinski definition) is 8. The first-order chi connectivity index (χ1) is 16.8. The molecule has 11 heteroatoms. The summed E-state index contributed by atoms with van der Waals surface area (Å²) in [6, 6.07) is 6.17. The Morgan fingerprint density at radius 2 is 1.83 bits per heavy atom. The minimum Gasteiger partial charge on any atom is -0.349 e. The van der Waals surface area contributed by atoms with Crippen molar-refractivity contribution in [1.29, 1.82) is 0 Å². The number of nitrogens with two attached hydrogens (primary N) is 1. The van der Waals surface area contributed by atoms with Crippen molar-refractivity contribution < 1.29 is 19.2 Å². The maximum Gasteiger partial charge on any atom is 0.262 e. The van der Waals surface area contributed by atoms with Crippen molar-refractivity contribution in [2.45, 2.75) is 63.2 Å². The van der Waals surface area contributed by atoms with Gasteiger partial charge in [-0.15, -0.1) is 0 Å². The van der Waals surface area contributed by atoms with E-state index in [0.29, 0.717) is 17.9 Å². The molecular formula is C24H25ClN6O4. The molecule has 10 nitrogen and oxygen atoms in total. The van der Waals surface area contributed by atoms with Crippen LogP contribution in [0.3, 0.4) is 0 Å². The number of hydrogen-bond donors (Lipinski definition) is 2. The first kappa shape index (κ1) is 23.4. The number of nitrogens with one attached hydrogen (secondary N) is 1. The number of piperidine rings is 1. The highest BCUT2D eigenvalue weighted by atomic mass is 35.5. The largest absolute Gasteiger partial charge is 0.349 e. The van der Waals surface area contributed by atoms with Crippen molar-refractivity contribution >= 4 is 41.0 Å². The predicted octanol–water partition coefficient (Wildman–Crippen LogP) is 1.81. The second-order valence-corrected chi connectivity index (χ2v) is 9.51. The number of fused-ring (bicyclic) bond motifs is 1. The molecule has 2 fully saturated rings. The second kappa shape index (κ2) is 9.35. The maximum atomic E-state index is 13.5. The molecule has 182 valence electrons. The van der Waals surface area contributed by atoms with E-state index < -0.39 is 29.7 Å². The van der Waals surface area contributed by atoms with Gasteiger partial charge in [-0.3, -0.25) is 29.4 Å². The van der Waals surface area contributed by atoms with E-state index in [2.05, 4.69) is 20.2 Å². The lowest BCUT2D eigenvalue weighted by Gasteiger charge is -2.37. The van der Waals surface area contributed by atoms with Crippen molar-refractivity contribution in [3.8, 4) is 0 Å². The van der Waals surface area contributed by atoms with Crippen LogP contribution in [0.5, 0.6) is 0 Å². The van der Waals surface area contributed by atoms with E-state index in [1.54, 1.807) is 24.4 Å². The lowest BCUT2D eigenvalue weighted by atomic mass is 9.90. The highest BCUT2D eigenvalue weighted by molar-refractivity contribution is 6.28. The Morgan fingerprint density at radius 3 is 2.54 bits per heavy atom. The van der Waals surface area contributed by atoms with Crippen molar-refractivity contribution in [2.24, 2.45) is 5.73 Å². The predicted molar refractivity (Wildman–Crippen MR) is 127 cm³/mol. The van der Waals surface area contributed by atoms with Crippen LogP contribution in [0, 0.1) is 0 Å². The van der Waals surface area contributed by atoms with Crippen LogP contribution in [0.15, 0.2) is 30.5 Å². The monoisotopic (exact) mass is 496 g/mol. The molecule has 0 bridgehead atoms. The number of halogens is 1. The van der Waals surface area contributed by atoms with E-state index in [-0.39, 0.29) is 41.3 Å². The molecule has 3 N–H and O–H groups in total. The summed E-state index contributed by atoms with van der Waals surface area (Å²) in [5.74, 6) is -1.46. The minimum atomic E-state index is -1.01. The van der Waals surface area contributed by atoms with E-state index in [9.17, 15) is 19.2 Å². The van der Waals surface area contributed by atoms with E-state index in [1.807, 2.05) is 6.07 Å². The van der Waals surface area contributed by atoms with Crippen LogP contribution in [0.25, 0.3) is 0 Å². The van der Waals surface area contributed by atoms with Gasteiger partial charge in [0, 0.05) is 31.2 Å². The second-order valence-electron chi connectivity index (χ2n) is 9.17. The van der Waals surface area contributed by atoms with Crippen molar-refractivity contribution in [2.75, 3.05) is 4.90 Å². The third-order valence-electron chi connectivity index (χ3n) is 6.98. The van der Waals surface area contributed by atoms with Crippen LogP contribution < -0.4 is 16.0 Å². The normalized spacial score (nSPS) is 24.4. The fourth-order valence-corrected chi connectivity index (χ4v) is 5.34. The molecule has 4 amide bonds. The van der Waals surface area contributed by atoms with Crippen molar-refractivity contribution in [3.05, 3.63) is 52.4 Å². The van der Waals surface area contributed by atoms with Crippen LogP contribution >= 0.6 is 11.6 Å². The SMILES string of the molecule is NC1CCC(N(Cc2cccc3c2C(=O)N(C2CCC(=O)NC2=O)C3=O)c2ccnc(Cl)n2)CC1. The molecule has 2 aliphatic heterocycles. The van der Waals surface area contributed by atoms with Crippen molar-refractivity contribution in [1.82, 2.24) is 20.2 Å². The zero-order chi connectivity index (χ0) is 24.7. The Balaban J connectivity index is 1.48. The number of anilines is 1. The van der Waals surface area contributed by atoms with Gasteiger partial charge in [0.05, 0.1) is 11.1 Å². The van der Waals surface area contributed by atoms with Gasteiger partial charge < -0.3 is 10.6 Å². The third kappa shape index (κ3) is 4.39. The summed E-state index contributed by atoms with van der Waals surface area (Å²) in [4.78, 5) is 62.1. The average Bonchev–Trinajstić information content (AvgIpc) is 3.09. The minimum absolute atomic E-state index is 0.0722. The molecule has 1 aromatic heterocycles. The quantitative estimate of drug-likeness (QED) is 0.472. The molecule has 1 aromatic carbocycles. The summed E-state index contributed by atoms with van der Waals surface area (Å²) < 4.78 is 0. The van der Waals surface area contributed by atoms with E-state index in [0.717, 1.165) is 30.6 Å². The molecule has 0 radical (unpaired) electrons. The molecule has 0 spiro atoms.